The highest BCUT2D eigenvalue weighted by molar-refractivity contribution is 4.69. The molecule has 0 aromatic heterocycles. The van der Waals surface area contributed by atoms with Gasteiger partial charge in [0.2, 0.25) is 0 Å². The molecule has 7 heavy (non-hydrogen) atoms. The summed E-state index contributed by atoms with van der Waals surface area (Å²) in [5, 5.41) is 6.97. The lowest BCUT2D eigenvalue weighted by molar-refractivity contribution is -0.225. The van der Waals surface area contributed by atoms with Crippen molar-refractivity contribution in [3.8, 4) is 0 Å². The van der Waals surface area contributed by atoms with Gasteiger partial charge in [0.15, 0.2) is 0 Å². The Hall–Kier alpha value is -0.320. The van der Waals surface area contributed by atoms with E-state index < -0.39 is 12.5 Å². The lowest BCUT2D eigenvalue weighted by Crippen LogP contribution is -2.18. The van der Waals surface area contributed by atoms with Crippen LogP contribution in [-0.2, 0) is 0 Å². The van der Waals surface area contributed by atoms with Crippen molar-refractivity contribution in [2.45, 2.75) is 6.11 Å². The summed E-state index contributed by atoms with van der Waals surface area (Å²) < 4.78 is 42.1. The van der Waals surface area contributed by atoms with Crippen molar-refractivity contribution >= 4 is 0 Å². The van der Waals surface area contributed by atoms with Crippen LogP contribution in [0.2, 0.25) is 0 Å². The minimum Gasteiger partial charge on any atom is -0.331 e. The first kappa shape index (κ1) is 6.68. The lowest BCUT2D eigenvalue weighted by Gasteiger charge is -2.01. The van der Waals surface area contributed by atoms with Gasteiger partial charge in [-0.2, -0.15) is 17.6 Å². The van der Waals surface area contributed by atoms with Crippen LogP contribution in [0.25, 0.3) is 0 Å². The van der Waals surface area contributed by atoms with E-state index in [0.29, 0.717) is 0 Å². The van der Waals surface area contributed by atoms with E-state index in [1.165, 1.54) is 0 Å². The second-order valence-electron chi connectivity index (χ2n) is 0.802. The van der Waals surface area contributed by atoms with E-state index in [-0.39, 0.29) is 0 Å². The van der Waals surface area contributed by atoms with E-state index >= 15 is 0 Å². The number of hydrogen-bond acceptors (Lipinski definition) is 1. The van der Waals surface area contributed by atoms with Crippen LogP contribution in [0, 0.1) is 6.43 Å². The number of halogens is 4. The van der Waals surface area contributed by atoms with Crippen molar-refractivity contribution in [3.05, 3.63) is 6.43 Å². The summed E-state index contributed by atoms with van der Waals surface area (Å²) in [6.07, 6.45) is -8.20. The van der Waals surface area contributed by atoms with Crippen LogP contribution >= 0.6 is 0 Å². The standard InChI is InChI=1S/C2HF4O/c3-1(4)2(5,6)7/h7H. The van der Waals surface area contributed by atoms with Gasteiger partial charge in [-0.25, -0.2) is 0 Å². The largest absolute Gasteiger partial charge is 0.423 e. The third-order valence-corrected chi connectivity index (χ3v) is 0.227. The molecule has 5 heteroatoms. The fraction of sp³-hybridized carbons (Fsp3) is 0.500. The molecule has 43 valence electrons. The first-order valence-corrected chi connectivity index (χ1v) is 1.23. The average Bonchev–Trinajstić information content (AvgIpc) is 1.31. The molecular weight excluding hydrogens is 116 g/mol. The molecule has 0 atom stereocenters. The normalized spacial score (nSPS) is 12.9. The fourth-order valence-electron chi connectivity index (χ4n) is 0. The summed E-state index contributed by atoms with van der Waals surface area (Å²) in [5.41, 5.74) is 0. The van der Waals surface area contributed by atoms with Crippen molar-refractivity contribution < 1.29 is 22.7 Å². The molecule has 0 aliphatic heterocycles. The summed E-state index contributed by atoms with van der Waals surface area (Å²) >= 11 is 0. The van der Waals surface area contributed by atoms with Gasteiger partial charge < -0.3 is 5.11 Å². The molecule has 0 aromatic carbocycles. The summed E-state index contributed by atoms with van der Waals surface area (Å²) in [6.45, 7) is 0. The average molecular weight is 117 g/mol. The van der Waals surface area contributed by atoms with Crippen LogP contribution in [0.3, 0.4) is 0 Å². The Balaban J connectivity index is 3.54. The van der Waals surface area contributed by atoms with Gasteiger partial charge in [0.05, 0.1) is 0 Å². The van der Waals surface area contributed by atoms with Crippen molar-refractivity contribution in [2.24, 2.45) is 0 Å². The molecule has 0 aliphatic carbocycles. The monoisotopic (exact) mass is 117 g/mol. The molecule has 0 fully saturated rings. The van der Waals surface area contributed by atoms with Crippen LogP contribution in [0.5, 0.6) is 0 Å². The highest BCUT2D eigenvalue weighted by Gasteiger charge is 2.40. The van der Waals surface area contributed by atoms with E-state index in [9.17, 15) is 17.6 Å². The van der Waals surface area contributed by atoms with Gasteiger partial charge in [0.1, 0.15) is 0 Å². The zero-order valence-corrected chi connectivity index (χ0v) is 2.96. The van der Waals surface area contributed by atoms with E-state index in [4.69, 9.17) is 5.11 Å². The van der Waals surface area contributed by atoms with Gasteiger partial charge in [-0.15, -0.1) is 0 Å². The fourth-order valence-corrected chi connectivity index (χ4v) is 0. The summed E-state index contributed by atoms with van der Waals surface area (Å²) in [5.74, 6) is 0. The van der Waals surface area contributed by atoms with Crippen LogP contribution in [-0.4, -0.2) is 11.2 Å². The highest BCUT2D eigenvalue weighted by Crippen LogP contribution is 2.24. The van der Waals surface area contributed by atoms with Crippen molar-refractivity contribution in [1.29, 1.82) is 0 Å². The van der Waals surface area contributed by atoms with Gasteiger partial charge in [-0.3, -0.25) is 0 Å². The molecule has 0 bridgehead atoms. The molecule has 1 N–H and O–H groups in total. The van der Waals surface area contributed by atoms with Crippen molar-refractivity contribution in [3.63, 3.8) is 0 Å². The van der Waals surface area contributed by atoms with E-state index in [0.717, 1.165) is 0 Å². The molecule has 0 rings (SSSR count). The topological polar surface area (TPSA) is 20.2 Å². The molecule has 0 amide bonds. The van der Waals surface area contributed by atoms with Gasteiger partial charge in [-0.1, -0.05) is 0 Å². The molecule has 0 heterocycles. The van der Waals surface area contributed by atoms with Gasteiger partial charge in [-0.05, 0) is 0 Å². The molecule has 0 spiro atoms. The van der Waals surface area contributed by atoms with E-state index in [2.05, 4.69) is 0 Å². The quantitative estimate of drug-likeness (QED) is 0.508. The third-order valence-electron chi connectivity index (χ3n) is 0.227. The number of alkyl halides is 2. The van der Waals surface area contributed by atoms with E-state index in [1.54, 1.807) is 0 Å². The predicted molar refractivity (Wildman–Crippen MR) is 12.6 cm³/mol. The summed E-state index contributed by atoms with van der Waals surface area (Å²) in [6, 6.07) is 0. The molecule has 1 radical (unpaired) electrons. The Morgan fingerprint density at radius 3 is 1.43 bits per heavy atom. The Bertz CT molecular complexity index is 55.2. The Labute approximate surface area is 36.6 Å². The summed E-state index contributed by atoms with van der Waals surface area (Å²) in [4.78, 5) is 0. The maximum Gasteiger partial charge on any atom is 0.423 e. The zero-order chi connectivity index (χ0) is 6.08. The number of hydrogen-bond donors (Lipinski definition) is 1. The Morgan fingerprint density at radius 1 is 1.29 bits per heavy atom. The lowest BCUT2D eigenvalue weighted by atomic mass is 10.7. The molecule has 0 saturated carbocycles. The van der Waals surface area contributed by atoms with Crippen LogP contribution < -0.4 is 0 Å². The van der Waals surface area contributed by atoms with Gasteiger partial charge >= 0.3 is 12.5 Å². The van der Waals surface area contributed by atoms with Crippen molar-refractivity contribution in [1.82, 2.24) is 0 Å². The van der Waals surface area contributed by atoms with Crippen LogP contribution in [0.15, 0.2) is 0 Å². The third kappa shape index (κ3) is 2.38. The van der Waals surface area contributed by atoms with Crippen molar-refractivity contribution in [2.75, 3.05) is 0 Å². The molecule has 0 aromatic rings. The second kappa shape index (κ2) is 1.65. The molecule has 1 nitrogen and oxygen atoms in total. The summed E-state index contributed by atoms with van der Waals surface area (Å²) in [7, 11) is 0. The number of aliphatic hydroxyl groups is 1. The first-order chi connectivity index (χ1) is 2.94. The number of rotatable bonds is 1. The second-order valence-corrected chi connectivity index (χ2v) is 0.802. The molecule has 0 aliphatic rings. The smallest absolute Gasteiger partial charge is 0.331 e. The SMILES string of the molecule is OC(F)(F)[C](F)F. The van der Waals surface area contributed by atoms with Crippen LogP contribution in [0.1, 0.15) is 0 Å². The maximum atomic E-state index is 10.6. The Morgan fingerprint density at radius 2 is 1.43 bits per heavy atom. The molecule has 0 saturated heterocycles. The minimum atomic E-state index is -4.92. The van der Waals surface area contributed by atoms with E-state index in [1.807, 2.05) is 0 Å². The maximum absolute atomic E-state index is 10.6. The van der Waals surface area contributed by atoms with Crippen LogP contribution in [0.4, 0.5) is 17.6 Å². The first-order valence-electron chi connectivity index (χ1n) is 1.23. The van der Waals surface area contributed by atoms with Gasteiger partial charge in [0, 0.05) is 0 Å². The molecule has 0 unspecified atom stereocenters. The van der Waals surface area contributed by atoms with Gasteiger partial charge in [0.25, 0.3) is 0 Å². The predicted octanol–water partition coefficient (Wildman–Crippen LogP) is 1.000. The zero-order valence-electron chi connectivity index (χ0n) is 2.96. The minimum absolute atomic E-state index is 3.28. The highest BCUT2D eigenvalue weighted by atomic mass is 19.3. The molecular formula is C2HF4O. The Kier molecular flexibility index (Phi) is 1.58.